The molecule has 0 fully saturated rings. The zero-order chi connectivity index (χ0) is 24.1. The van der Waals surface area contributed by atoms with Crippen LogP contribution in [0.15, 0.2) is 30.3 Å². The number of hydrogen-bond donors (Lipinski definition) is 4. The van der Waals surface area contributed by atoms with Crippen LogP contribution < -0.4 is 0 Å². The molecule has 2 atom stereocenters. The van der Waals surface area contributed by atoms with Gasteiger partial charge in [-0.3, -0.25) is 4.79 Å². The quantitative estimate of drug-likeness (QED) is 0.270. The summed E-state index contributed by atoms with van der Waals surface area (Å²) in [5.41, 5.74) is 1.87. The smallest absolute Gasteiger partial charge is 0.328 e. The second-order valence-electron chi connectivity index (χ2n) is 8.44. The Morgan fingerprint density at radius 3 is 2.33 bits per heavy atom. The number of aromatic hydroxyl groups is 4. The molecule has 2 aromatic carbocycles. The number of phenols is 4. The highest BCUT2D eigenvalue weighted by Gasteiger charge is 2.42. The first-order valence-corrected chi connectivity index (χ1v) is 11.2. The van der Waals surface area contributed by atoms with E-state index in [9.17, 15) is 30.0 Å². The number of nitrogens with zero attached hydrogens (tertiary/aromatic N) is 1. The van der Waals surface area contributed by atoms with Crippen molar-refractivity contribution < 1.29 is 34.8 Å². The number of methoxy groups -OCH3 is 1. The highest BCUT2D eigenvalue weighted by atomic mass is 16.5. The number of unbranched alkanes of at least 4 members (excludes halogenated alkanes) is 3. The van der Waals surface area contributed by atoms with Crippen LogP contribution in [0, 0.1) is 0 Å². The molecule has 8 nitrogen and oxygen atoms in total. The highest BCUT2D eigenvalue weighted by Crippen LogP contribution is 2.42. The molecular formula is C25H31NO7. The van der Waals surface area contributed by atoms with E-state index in [4.69, 9.17) is 4.74 Å². The molecule has 0 aromatic heterocycles. The first-order valence-electron chi connectivity index (χ1n) is 11.2. The Balaban J connectivity index is 2.05. The standard InChI is InChI=1S/C25H31NO7/c1-3-4-5-6-7-24(31)26-18(10-15-8-9-20(27)21(28)11-15)17-14-23(30)22(29)13-16(17)12-19(26)25(32)33-2/h8-9,11,13-14,18-19,27-30H,3-7,10,12H2,1-2H3/t18-,19-/m0/s1. The fraction of sp³-hybridized carbons (Fsp3) is 0.440. The molecule has 0 spiro atoms. The van der Waals surface area contributed by atoms with Crippen molar-refractivity contribution in [3.63, 3.8) is 0 Å². The summed E-state index contributed by atoms with van der Waals surface area (Å²) in [4.78, 5) is 27.6. The van der Waals surface area contributed by atoms with Gasteiger partial charge < -0.3 is 30.1 Å². The molecule has 0 unspecified atom stereocenters. The van der Waals surface area contributed by atoms with Gasteiger partial charge in [-0.2, -0.15) is 0 Å². The monoisotopic (exact) mass is 457 g/mol. The molecule has 1 heterocycles. The fourth-order valence-corrected chi connectivity index (χ4v) is 4.44. The number of hydrogen-bond acceptors (Lipinski definition) is 7. The summed E-state index contributed by atoms with van der Waals surface area (Å²) in [6, 6.07) is 5.68. The first kappa shape index (κ1) is 24.2. The van der Waals surface area contributed by atoms with Crippen LogP contribution in [0.4, 0.5) is 0 Å². The van der Waals surface area contributed by atoms with Crippen molar-refractivity contribution in [1.29, 1.82) is 0 Å². The number of esters is 1. The maximum Gasteiger partial charge on any atom is 0.328 e. The molecule has 0 radical (unpaired) electrons. The van der Waals surface area contributed by atoms with E-state index in [2.05, 4.69) is 6.92 Å². The summed E-state index contributed by atoms with van der Waals surface area (Å²) in [6.45, 7) is 2.08. The second-order valence-corrected chi connectivity index (χ2v) is 8.44. The van der Waals surface area contributed by atoms with Crippen LogP contribution in [-0.4, -0.2) is 50.4 Å². The molecule has 0 bridgehead atoms. The molecule has 4 N–H and O–H groups in total. The van der Waals surface area contributed by atoms with E-state index in [1.165, 1.54) is 36.3 Å². The van der Waals surface area contributed by atoms with Crippen LogP contribution in [0.5, 0.6) is 23.0 Å². The van der Waals surface area contributed by atoms with Crippen LogP contribution in [0.3, 0.4) is 0 Å². The minimum Gasteiger partial charge on any atom is -0.504 e. The molecule has 0 saturated heterocycles. The predicted molar refractivity (Wildman–Crippen MR) is 121 cm³/mol. The van der Waals surface area contributed by atoms with Gasteiger partial charge in [-0.05, 0) is 53.8 Å². The van der Waals surface area contributed by atoms with Gasteiger partial charge in [-0.25, -0.2) is 4.79 Å². The van der Waals surface area contributed by atoms with Gasteiger partial charge in [-0.15, -0.1) is 0 Å². The van der Waals surface area contributed by atoms with Gasteiger partial charge >= 0.3 is 5.97 Å². The number of amides is 1. The van der Waals surface area contributed by atoms with Crippen molar-refractivity contribution in [3.05, 3.63) is 47.0 Å². The summed E-state index contributed by atoms with van der Waals surface area (Å²) in [5.74, 6) is -1.95. The Morgan fingerprint density at radius 2 is 1.67 bits per heavy atom. The Hall–Kier alpha value is -3.42. The molecule has 2 aromatic rings. The number of benzene rings is 2. The van der Waals surface area contributed by atoms with Crippen LogP contribution in [0.25, 0.3) is 0 Å². The lowest BCUT2D eigenvalue weighted by molar-refractivity contribution is -0.156. The number of carbonyl (C=O) groups is 2. The maximum atomic E-state index is 13.4. The largest absolute Gasteiger partial charge is 0.504 e. The molecule has 0 aliphatic carbocycles. The summed E-state index contributed by atoms with van der Waals surface area (Å²) in [6.07, 6.45) is 4.28. The minimum atomic E-state index is -0.888. The molecule has 33 heavy (non-hydrogen) atoms. The van der Waals surface area contributed by atoms with E-state index >= 15 is 0 Å². The van der Waals surface area contributed by atoms with Crippen molar-refractivity contribution in [2.45, 2.75) is 64.0 Å². The maximum absolute atomic E-state index is 13.4. The van der Waals surface area contributed by atoms with Gasteiger partial charge in [0, 0.05) is 12.8 Å². The second kappa shape index (κ2) is 10.5. The zero-order valence-electron chi connectivity index (χ0n) is 19.0. The van der Waals surface area contributed by atoms with Crippen LogP contribution >= 0.6 is 0 Å². The third kappa shape index (κ3) is 5.32. The third-order valence-corrected chi connectivity index (χ3v) is 6.15. The highest BCUT2D eigenvalue weighted by molar-refractivity contribution is 5.86. The average Bonchev–Trinajstić information content (AvgIpc) is 2.79. The molecule has 1 amide bonds. The summed E-state index contributed by atoms with van der Waals surface area (Å²) >= 11 is 0. The van der Waals surface area contributed by atoms with E-state index in [1.54, 1.807) is 6.07 Å². The van der Waals surface area contributed by atoms with Crippen molar-refractivity contribution in [2.24, 2.45) is 0 Å². The van der Waals surface area contributed by atoms with Crippen LogP contribution in [-0.2, 0) is 27.2 Å². The molecule has 178 valence electrons. The molecule has 1 aliphatic heterocycles. The number of fused-ring (bicyclic) bond motifs is 1. The van der Waals surface area contributed by atoms with Gasteiger partial charge in [0.1, 0.15) is 6.04 Å². The third-order valence-electron chi connectivity index (χ3n) is 6.15. The predicted octanol–water partition coefficient (Wildman–Crippen LogP) is 3.69. The van der Waals surface area contributed by atoms with Crippen LogP contribution in [0.1, 0.15) is 61.8 Å². The van der Waals surface area contributed by atoms with E-state index in [0.717, 1.165) is 19.3 Å². The molecule has 0 saturated carbocycles. The summed E-state index contributed by atoms with van der Waals surface area (Å²) in [5, 5.41) is 39.8. The van der Waals surface area contributed by atoms with Crippen LogP contribution in [0.2, 0.25) is 0 Å². The van der Waals surface area contributed by atoms with E-state index in [-0.39, 0.29) is 48.2 Å². The minimum absolute atomic E-state index is 0.147. The summed E-state index contributed by atoms with van der Waals surface area (Å²) in [7, 11) is 1.27. The normalized spacial score (nSPS) is 17.5. The molecule has 8 heteroatoms. The zero-order valence-corrected chi connectivity index (χ0v) is 19.0. The SMILES string of the molecule is CCCCCCC(=O)N1[C@H](C(=O)OC)Cc2cc(O)c(O)cc2[C@@H]1Cc1ccc(O)c(O)c1. The number of phenolic OH excluding ortho intramolecular Hbond substituents is 4. The molecule has 1 aliphatic rings. The number of rotatable bonds is 8. The van der Waals surface area contributed by atoms with Gasteiger partial charge in [-0.1, -0.05) is 32.3 Å². The molecule has 3 rings (SSSR count). The van der Waals surface area contributed by atoms with Crippen molar-refractivity contribution in [1.82, 2.24) is 4.90 Å². The Labute approximate surface area is 193 Å². The lowest BCUT2D eigenvalue weighted by atomic mass is 9.84. The van der Waals surface area contributed by atoms with Crippen molar-refractivity contribution in [3.8, 4) is 23.0 Å². The Kier molecular flexibility index (Phi) is 7.68. The van der Waals surface area contributed by atoms with Gasteiger partial charge in [0.05, 0.1) is 13.2 Å². The fourth-order valence-electron chi connectivity index (χ4n) is 4.44. The van der Waals surface area contributed by atoms with Gasteiger partial charge in [0.15, 0.2) is 23.0 Å². The molecular weight excluding hydrogens is 426 g/mol. The Bertz CT molecular complexity index is 1020. The lowest BCUT2D eigenvalue weighted by Crippen LogP contribution is -2.52. The van der Waals surface area contributed by atoms with Crippen molar-refractivity contribution >= 4 is 11.9 Å². The van der Waals surface area contributed by atoms with E-state index < -0.39 is 18.1 Å². The Morgan fingerprint density at radius 1 is 0.970 bits per heavy atom. The van der Waals surface area contributed by atoms with Gasteiger partial charge in [0.25, 0.3) is 0 Å². The first-order chi connectivity index (χ1) is 15.8. The lowest BCUT2D eigenvalue weighted by Gasteiger charge is -2.42. The number of ether oxygens (including phenoxy) is 1. The van der Waals surface area contributed by atoms with E-state index in [0.29, 0.717) is 23.1 Å². The average molecular weight is 458 g/mol. The topological polar surface area (TPSA) is 128 Å². The number of carbonyl (C=O) groups excluding carboxylic acids is 2. The van der Waals surface area contributed by atoms with Gasteiger partial charge in [0.2, 0.25) is 5.91 Å². The van der Waals surface area contributed by atoms with E-state index in [1.807, 2.05) is 0 Å². The van der Waals surface area contributed by atoms with Crippen molar-refractivity contribution in [2.75, 3.05) is 7.11 Å². The summed E-state index contributed by atoms with van der Waals surface area (Å²) < 4.78 is 5.00.